The van der Waals surface area contributed by atoms with Crippen molar-refractivity contribution in [2.75, 3.05) is 0 Å². The first-order valence-corrected chi connectivity index (χ1v) is 5.63. The van der Waals surface area contributed by atoms with E-state index < -0.39 is 10.8 Å². The van der Waals surface area contributed by atoms with Crippen LogP contribution >= 0.6 is 24.4 Å². The fourth-order valence-electron chi connectivity index (χ4n) is 1.14. The Labute approximate surface area is 118 Å². The molecular formula is C9H9N5O3S2. The lowest BCUT2D eigenvalue weighted by molar-refractivity contribution is -0.385. The number of thiocarbonyl (C=S) groups is 2. The monoisotopic (exact) mass is 299 g/mol. The van der Waals surface area contributed by atoms with Crippen molar-refractivity contribution < 1.29 is 9.72 Å². The maximum Gasteiger partial charge on any atom is 0.282 e. The standard InChI is InChI=1S/C9H9N5O3S2/c10-8(18)12-13-9(19)11-7(15)5-3-1-2-4-6(5)14(16)17/h1-4H,(H3,10,12,18)(H2,11,13,15,19). The average Bonchev–Trinajstić information content (AvgIpc) is 2.36. The number of carbonyl (C=O) groups is 1. The van der Waals surface area contributed by atoms with Crippen molar-refractivity contribution in [3.05, 3.63) is 39.9 Å². The number of hydrazine groups is 1. The van der Waals surface area contributed by atoms with E-state index in [1.807, 2.05) is 0 Å². The maximum atomic E-state index is 11.8. The molecule has 10 heteroatoms. The number of benzene rings is 1. The number of nitrogens with zero attached hydrogens (tertiary/aromatic N) is 1. The lowest BCUT2D eigenvalue weighted by Crippen LogP contribution is -2.50. The Morgan fingerprint density at radius 1 is 1.26 bits per heavy atom. The van der Waals surface area contributed by atoms with Gasteiger partial charge in [-0.15, -0.1) is 0 Å². The number of rotatable bonds is 2. The molecule has 0 spiro atoms. The Kier molecular flexibility index (Phi) is 5.09. The minimum atomic E-state index is -0.713. The topological polar surface area (TPSA) is 122 Å². The van der Waals surface area contributed by atoms with Crippen molar-refractivity contribution in [2.24, 2.45) is 5.73 Å². The highest BCUT2D eigenvalue weighted by molar-refractivity contribution is 7.80. The van der Waals surface area contributed by atoms with Gasteiger partial charge in [-0.1, -0.05) is 12.1 Å². The smallest absolute Gasteiger partial charge is 0.282 e. The summed E-state index contributed by atoms with van der Waals surface area (Å²) in [7, 11) is 0. The average molecular weight is 299 g/mol. The zero-order chi connectivity index (χ0) is 14.4. The van der Waals surface area contributed by atoms with Crippen molar-refractivity contribution in [1.82, 2.24) is 16.2 Å². The molecule has 0 radical (unpaired) electrons. The Balaban J connectivity index is 2.76. The van der Waals surface area contributed by atoms with Crippen molar-refractivity contribution in [2.45, 2.75) is 0 Å². The highest BCUT2D eigenvalue weighted by Crippen LogP contribution is 2.16. The second-order valence-electron chi connectivity index (χ2n) is 3.17. The molecule has 0 saturated heterocycles. The number of amides is 1. The quantitative estimate of drug-likeness (QED) is 0.340. The number of nitrogens with one attached hydrogen (secondary N) is 3. The number of carbonyl (C=O) groups excluding carboxylic acids is 1. The molecule has 0 unspecified atom stereocenters. The van der Waals surface area contributed by atoms with Crippen LogP contribution in [0.5, 0.6) is 0 Å². The van der Waals surface area contributed by atoms with Crippen LogP contribution in [0.15, 0.2) is 24.3 Å². The SMILES string of the molecule is NC(=S)NNC(=S)NC(=O)c1ccccc1[N+](=O)[O-]. The minimum absolute atomic E-state index is 0.0673. The summed E-state index contributed by atoms with van der Waals surface area (Å²) in [6.45, 7) is 0. The molecule has 0 fully saturated rings. The van der Waals surface area contributed by atoms with E-state index in [-0.39, 0.29) is 21.5 Å². The molecule has 8 nitrogen and oxygen atoms in total. The van der Waals surface area contributed by atoms with E-state index >= 15 is 0 Å². The molecule has 19 heavy (non-hydrogen) atoms. The lowest BCUT2D eigenvalue weighted by atomic mass is 10.1. The molecule has 1 aromatic carbocycles. The van der Waals surface area contributed by atoms with Crippen LogP contribution in [0, 0.1) is 10.1 Å². The fourth-order valence-corrected chi connectivity index (χ4v) is 1.34. The van der Waals surface area contributed by atoms with E-state index in [0.29, 0.717) is 0 Å². The molecule has 0 saturated carbocycles. The second kappa shape index (κ2) is 6.56. The van der Waals surface area contributed by atoms with E-state index in [2.05, 4.69) is 28.4 Å². The van der Waals surface area contributed by atoms with Crippen molar-refractivity contribution in [1.29, 1.82) is 0 Å². The normalized spacial score (nSPS) is 9.26. The van der Waals surface area contributed by atoms with Crippen LogP contribution < -0.4 is 21.9 Å². The summed E-state index contributed by atoms with van der Waals surface area (Å²) < 4.78 is 0. The van der Waals surface area contributed by atoms with Crippen LogP contribution in [0.1, 0.15) is 10.4 Å². The number of hydrogen-bond donors (Lipinski definition) is 4. The Morgan fingerprint density at radius 3 is 2.47 bits per heavy atom. The molecular weight excluding hydrogens is 290 g/mol. The summed E-state index contributed by atoms with van der Waals surface area (Å²) in [5.41, 5.74) is 9.38. The van der Waals surface area contributed by atoms with Crippen molar-refractivity contribution in [3.63, 3.8) is 0 Å². The highest BCUT2D eigenvalue weighted by atomic mass is 32.1. The summed E-state index contributed by atoms with van der Waals surface area (Å²) >= 11 is 9.29. The number of hydrogen-bond acceptors (Lipinski definition) is 5. The molecule has 5 N–H and O–H groups in total. The first-order valence-electron chi connectivity index (χ1n) is 4.82. The molecule has 1 amide bonds. The molecule has 1 aromatic rings. The van der Waals surface area contributed by atoms with Crippen LogP contribution in [-0.2, 0) is 0 Å². The predicted molar refractivity (Wildman–Crippen MR) is 76.2 cm³/mol. The molecule has 0 aliphatic rings. The third-order valence-corrected chi connectivity index (χ3v) is 2.18. The summed E-state index contributed by atoms with van der Waals surface area (Å²) in [6.07, 6.45) is 0. The van der Waals surface area contributed by atoms with Gasteiger partial charge in [-0.05, 0) is 30.5 Å². The zero-order valence-corrected chi connectivity index (χ0v) is 11.0. The van der Waals surface area contributed by atoms with Gasteiger partial charge < -0.3 is 5.73 Å². The summed E-state index contributed by atoms with van der Waals surface area (Å²) in [6, 6.07) is 5.50. The van der Waals surface area contributed by atoms with Gasteiger partial charge in [0.1, 0.15) is 5.56 Å². The predicted octanol–water partition coefficient (Wildman–Crippen LogP) is -0.0527. The molecule has 0 aliphatic heterocycles. The third kappa shape index (κ3) is 4.44. The molecule has 100 valence electrons. The van der Waals surface area contributed by atoms with E-state index in [4.69, 9.17) is 18.0 Å². The molecule has 0 atom stereocenters. The third-order valence-electron chi connectivity index (χ3n) is 1.87. The van der Waals surface area contributed by atoms with Gasteiger partial charge in [0.15, 0.2) is 10.2 Å². The molecule has 0 aliphatic carbocycles. The van der Waals surface area contributed by atoms with E-state index in [0.717, 1.165) is 0 Å². The number of nitro groups is 1. The van der Waals surface area contributed by atoms with Gasteiger partial charge in [-0.25, -0.2) is 0 Å². The Bertz CT molecular complexity index is 548. The molecule has 0 aromatic heterocycles. The lowest BCUT2D eigenvalue weighted by Gasteiger charge is -2.10. The Hall–Kier alpha value is -2.33. The van der Waals surface area contributed by atoms with Crippen molar-refractivity contribution >= 4 is 46.3 Å². The fraction of sp³-hybridized carbons (Fsp3) is 0. The van der Waals surface area contributed by atoms with E-state index in [9.17, 15) is 14.9 Å². The van der Waals surface area contributed by atoms with Gasteiger partial charge in [-0.3, -0.25) is 31.1 Å². The molecule has 1 rings (SSSR count). The summed E-state index contributed by atoms with van der Waals surface area (Å²) in [5, 5.41) is 12.8. The van der Waals surface area contributed by atoms with Gasteiger partial charge >= 0.3 is 0 Å². The van der Waals surface area contributed by atoms with Gasteiger partial charge in [0.05, 0.1) is 4.92 Å². The van der Waals surface area contributed by atoms with E-state index in [1.165, 1.54) is 24.3 Å². The largest absolute Gasteiger partial charge is 0.375 e. The summed E-state index contributed by atoms with van der Waals surface area (Å²) in [5.74, 6) is -0.713. The summed E-state index contributed by atoms with van der Waals surface area (Å²) in [4.78, 5) is 21.9. The first-order chi connectivity index (χ1) is 8.91. The first kappa shape index (κ1) is 14.7. The number of nitrogens with two attached hydrogens (primary N) is 1. The van der Waals surface area contributed by atoms with Crippen LogP contribution in [0.25, 0.3) is 0 Å². The number of para-hydroxylation sites is 1. The van der Waals surface area contributed by atoms with Crippen LogP contribution in [0.3, 0.4) is 0 Å². The van der Waals surface area contributed by atoms with Gasteiger partial charge in [-0.2, -0.15) is 0 Å². The van der Waals surface area contributed by atoms with Gasteiger partial charge in [0.2, 0.25) is 0 Å². The second-order valence-corrected chi connectivity index (χ2v) is 4.02. The minimum Gasteiger partial charge on any atom is -0.375 e. The van der Waals surface area contributed by atoms with Gasteiger partial charge in [0.25, 0.3) is 11.6 Å². The van der Waals surface area contributed by atoms with Crippen molar-refractivity contribution in [3.8, 4) is 0 Å². The van der Waals surface area contributed by atoms with Crippen LogP contribution in [0.2, 0.25) is 0 Å². The highest BCUT2D eigenvalue weighted by Gasteiger charge is 2.19. The molecule has 0 bridgehead atoms. The van der Waals surface area contributed by atoms with E-state index in [1.54, 1.807) is 0 Å². The van der Waals surface area contributed by atoms with Gasteiger partial charge in [0, 0.05) is 6.07 Å². The van der Waals surface area contributed by atoms with Crippen LogP contribution in [0.4, 0.5) is 5.69 Å². The Morgan fingerprint density at radius 2 is 1.89 bits per heavy atom. The van der Waals surface area contributed by atoms with Crippen LogP contribution in [-0.4, -0.2) is 21.1 Å². The molecule has 0 heterocycles. The zero-order valence-electron chi connectivity index (χ0n) is 9.38. The maximum absolute atomic E-state index is 11.8. The number of nitro benzene ring substituents is 1.